The lowest BCUT2D eigenvalue weighted by Crippen LogP contribution is -2.51. The third-order valence-electron chi connectivity index (χ3n) is 3.13. The van der Waals surface area contributed by atoms with Crippen LogP contribution in [0.15, 0.2) is 18.2 Å². The molecular formula is C17H26Cl2N2O2. The van der Waals surface area contributed by atoms with E-state index in [1.54, 1.807) is 6.07 Å². The van der Waals surface area contributed by atoms with Gasteiger partial charge < -0.3 is 15.4 Å². The van der Waals surface area contributed by atoms with E-state index < -0.39 is 17.2 Å². The van der Waals surface area contributed by atoms with Gasteiger partial charge in [-0.3, -0.25) is 0 Å². The summed E-state index contributed by atoms with van der Waals surface area (Å²) < 4.78 is 5.28. The second-order valence-corrected chi connectivity index (χ2v) is 8.10. The number of halogens is 2. The number of ether oxygens (including phenoxy) is 1. The van der Waals surface area contributed by atoms with Crippen LogP contribution in [0.3, 0.4) is 0 Å². The predicted molar refractivity (Wildman–Crippen MR) is 96.3 cm³/mol. The van der Waals surface area contributed by atoms with E-state index in [9.17, 15) is 4.79 Å². The Bertz CT molecular complexity index is 554. The van der Waals surface area contributed by atoms with Gasteiger partial charge in [0.05, 0.1) is 15.6 Å². The Morgan fingerprint density at radius 2 is 1.78 bits per heavy atom. The third-order valence-corrected chi connectivity index (χ3v) is 3.87. The first kappa shape index (κ1) is 20.1. The molecule has 1 amide bonds. The molecule has 0 spiro atoms. The smallest absolute Gasteiger partial charge is 0.408 e. The number of alkyl carbamates (subject to hydrolysis) is 1. The van der Waals surface area contributed by atoms with Crippen LogP contribution in [0.5, 0.6) is 0 Å². The fourth-order valence-electron chi connectivity index (χ4n) is 1.93. The Morgan fingerprint density at radius 1 is 1.17 bits per heavy atom. The van der Waals surface area contributed by atoms with Gasteiger partial charge in [-0.25, -0.2) is 4.79 Å². The minimum absolute atomic E-state index is 0.0736. The summed E-state index contributed by atoms with van der Waals surface area (Å²) in [7, 11) is 0. The van der Waals surface area contributed by atoms with Crippen LogP contribution in [-0.2, 0) is 4.74 Å². The first-order valence-corrected chi connectivity index (χ1v) is 8.35. The summed E-state index contributed by atoms with van der Waals surface area (Å²) in [6, 6.07) is 5.63. The van der Waals surface area contributed by atoms with Crippen LogP contribution >= 0.6 is 23.2 Å². The number of amides is 1. The SMILES string of the molecule is CC(NCC(C)(C)NC(=O)OC(C)(C)C)c1ccc(Cl)c(Cl)c1. The second-order valence-electron chi connectivity index (χ2n) is 7.29. The van der Waals surface area contributed by atoms with E-state index in [4.69, 9.17) is 27.9 Å². The van der Waals surface area contributed by atoms with Gasteiger partial charge in [0.15, 0.2) is 0 Å². The molecular weight excluding hydrogens is 335 g/mol. The van der Waals surface area contributed by atoms with E-state index >= 15 is 0 Å². The Kier molecular flexibility index (Phi) is 6.75. The highest BCUT2D eigenvalue weighted by Gasteiger charge is 2.25. The second kappa shape index (κ2) is 7.73. The molecule has 2 N–H and O–H groups in total. The fraction of sp³-hybridized carbons (Fsp3) is 0.588. The van der Waals surface area contributed by atoms with Gasteiger partial charge in [-0.15, -0.1) is 0 Å². The molecule has 0 radical (unpaired) electrons. The topological polar surface area (TPSA) is 50.4 Å². The number of nitrogens with one attached hydrogen (secondary N) is 2. The number of benzene rings is 1. The van der Waals surface area contributed by atoms with Crippen LogP contribution < -0.4 is 10.6 Å². The van der Waals surface area contributed by atoms with E-state index in [0.717, 1.165) is 5.56 Å². The van der Waals surface area contributed by atoms with Crippen LogP contribution in [0.2, 0.25) is 10.0 Å². The van der Waals surface area contributed by atoms with Crippen molar-refractivity contribution in [1.29, 1.82) is 0 Å². The first-order valence-electron chi connectivity index (χ1n) is 7.59. The van der Waals surface area contributed by atoms with Gasteiger partial charge in [0.2, 0.25) is 0 Å². The van der Waals surface area contributed by atoms with Gasteiger partial charge in [-0.05, 0) is 59.2 Å². The van der Waals surface area contributed by atoms with E-state index in [1.165, 1.54) is 0 Å². The molecule has 1 unspecified atom stereocenters. The normalized spacial score (nSPS) is 13.6. The molecule has 6 heteroatoms. The van der Waals surface area contributed by atoms with Crippen LogP contribution in [0.25, 0.3) is 0 Å². The Hall–Kier alpha value is -0.970. The molecule has 0 saturated carbocycles. The average Bonchev–Trinajstić information content (AvgIpc) is 2.36. The minimum Gasteiger partial charge on any atom is -0.444 e. The van der Waals surface area contributed by atoms with Crippen molar-refractivity contribution in [2.75, 3.05) is 6.54 Å². The standard InChI is InChI=1S/C17H26Cl2N2O2/c1-11(12-7-8-13(18)14(19)9-12)20-10-17(5,6)21-15(22)23-16(2,3)4/h7-9,11,20H,10H2,1-6H3,(H,21,22). The van der Waals surface area contributed by atoms with E-state index in [-0.39, 0.29) is 6.04 Å². The monoisotopic (exact) mass is 360 g/mol. The molecule has 0 aliphatic carbocycles. The molecule has 0 aliphatic rings. The predicted octanol–water partition coefficient (Wildman–Crippen LogP) is 4.95. The summed E-state index contributed by atoms with van der Waals surface area (Å²) >= 11 is 12.0. The van der Waals surface area contributed by atoms with Crippen molar-refractivity contribution >= 4 is 29.3 Å². The van der Waals surface area contributed by atoms with Gasteiger partial charge in [-0.2, -0.15) is 0 Å². The maximum atomic E-state index is 11.9. The highest BCUT2D eigenvalue weighted by Crippen LogP contribution is 2.25. The minimum atomic E-state index is -0.513. The van der Waals surface area contributed by atoms with Crippen LogP contribution in [0, 0.1) is 0 Å². The molecule has 1 atom stereocenters. The van der Waals surface area contributed by atoms with Crippen LogP contribution in [0.1, 0.15) is 53.1 Å². The van der Waals surface area contributed by atoms with Crippen LogP contribution in [-0.4, -0.2) is 23.8 Å². The number of hydrogen-bond donors (Lipinski definition) is 2. The van der Waals surface area contributed by atoms with Crippen molar-refractivity contribution in [2.45, 2.75) is 58.7 Å². The molecule has 0 aromatic heterocycles. The van der Waals surface area contributed by atoms with Crippen molar-refractivity contribution in [2.24, 2.45) is 0 Å². The Morgan fingerprint density at radius 3 is 2.30 bits per heavy atom. The lowest BCUT2D eigenvalue weighted by atomic mass is 10.0. The number of carbonyl (C=O) groups is 1. The molecule has 130 valence electrons. The third kappa shape index (κ3) is 7.42. The van der Waals surface area contributed by atoms with E-state index in [0.29, 0.717) is 16.6 Å². The van der Waals surface area contributed by atoms with Gasteiger partial charge in [-0.1, -0.05) is 29.3 Å². The Labute approximate surface area is 148 Å². The van der Waals surface area contributed by atoms with Gasteiger partial charge in [0.25, 0.3) is 0 Å². The Balaban J connectivity index is 2.57. The summed E-state index contributed by atoms with van der Waals surface area (Å²) in [5.41, 5.74) is 0.0702. The van der Waals surface area contributed by atoms with Crippen molar-refractivity contribution in [3.05, 3.63) is 33.8 Å². The quantitative estimate of drug-likeness (QED) is 0.780. The zero-order valence-corrected chi connectivity index (χ0v) is 16.1. The number of hydrogen-bond acceptors (Lipinski definition) is 3. The molecule has 1 aromatic carbocycles. The van der Waals surface area contributed by atoms with Gasteiger partial charge in [0.1, 0.15) is 5.60 Å². The van der Waals surface area contributed by atoms with E-state index in [1.807, 2.05) is 53.7 Å². The summed E-state index contributed by atoms with van der Waals surface area (Å²) in [4.78, 5) is 11.9. The average molecular weight is 361 g/mol. The first-order chi connectivity index (χ1) is 10.4. The highest BCUT2D eigenvalue weighted by molar-refractivity contribution is 6.42. The molecule has 0 saturated heterocycles. The summed E-state index contributed by atoms with van der Waals surface area (Å²) in [6.45, 7) is 12.0. The maximum absolute atomic E-state index is 11.9. The van der Waals surface area contributed by atoms with Crippen molar-refractivity contribution in [1.82, 2.24) is 10.6 Å². The molecule has 1 aromatic rings. The molecule has 0 bridgehead atoms. The van der Waals surface area contributed by atoms with Gasteiger partial charge >= 0.3 is 6.09 Å². The summed E-state index contributed by atoms with van der Waals surface area (Å²) in [5, 5.41) is 7.32. The van der Waals surface area contributed by atoms with Crippen molar-refractivity contribution in [3.63, 3.8) is 0 Å². The molecule has 0 heterocycles. The fourth-order valence-corrected chi connectivity index (χ4v) is 2.24. The zero-order valence-electron chi connectivity index (χ0n) is 14.6. The highest BCUT2D eigenvalue weighted by atomic mass is 35.5. The maximum Gasteiger partial charge on any atom is 0.408 e. The molecule has 0 aliphatic heterocycles. The van der Waals surface area contributed by atoms with Crippen molar-refractivity contribution in [3.8, 4) is 0 Å². The number of rotatable bonds is 5. The lowest BCUT2D eigenvalue weighted by molar-refractivity contribution is 0.0471. The number of carbonyl (C=O) groups excluding carboxylic acids is 1. The summed E-state index contributed by atoms with van der Waals surface area (Å²) in [5.74, 6) is 0. The molecule has 23 heavy (non-hydrogen) atoms. The van der Waals surface area contributed by atoms with Crippen LogP contribution in [0.4, 0.5) is 4.79 Å². The lowest BCUT2D eigenvalue weighted by Gasteiger charge is -2.30. The molecule has 4 nitrogen and oxygen atoms in total. The van der Waals surface area contributed by atoms with Gasteiger partial charge in [0, 0.05) is 12.6 Å². The molecule has 0 fully saturated rings. The summed E-state index contributed by atoms with van der Waals surface area (Å²) in [6.07, 6.45) is -0.425. The largest absolute Gasteiger partial charge is 0.444 e. The van der Waals surface area contributed by atoms with Crippen molar-refractivity contribution < 1.29 is 9.53 Å². The molecule has 1 rings (SSSR count). The zero-order chi connectivity index (χ0) is 17.8. The van der Waals surface area contributed by atoms with E-state index in [2.05, 4.69) is 10.6 Å².